The van der Waals surface area contributed by atoms with E-state index in [1.807, 2.05) is 24.3 Å². The molecule has 1 aliphatic heterocycles. The number of hydrogen-bond acceptors (Lipinski definition) is 1. The molecule has 0 amide bonds. The Morgan fingerprint density at radius 2 is 1.51 bits per heavy atom. The van der Waals surface area contributed by atoms with E-state index in [1.165, 1.54) is 49.6 Å². The van der Waals surface area contributed by atoms with E-state index in [0.717, 1.165) is 26.2 Å². The first-order valence-corrected chi connectivity index (χ1v) is 16.0. The Labute approximate surface area is 224 Å². The van der Waals surface area contributed by atoms with E-state index in [4.69, 9.17) is 0 Å². The Morgan fingerprint density at radius 3 is 2.14 bits per heavy atom. The Kier molecular flexibility index (Phi) is 7.94. The number of fused-ring (bicyclic) bond motifs is 2. The van der Waals surface area contributed by atoms with Crippen LogP contribution in [0.25, 0.3) is 5.57 Å². The van der Waals surface area contributed by atoms with Gasteiger partial charge in [-0.3, -0.25) is 0 Å². The minimum Gasteiger partial charge on any atom is -0.364 e. The van der Waals surface area contributed by atoms with Crippen LogP contribution in [-0.2, 0) is 0 Å². The first kappa shape index (κ1) is 26.4. The lowest BCUT2D eigenvalue weighted by molar-refractivity contribution is -0.505. The second-order valence-electron chi connectivity index (χ2n) is 10.2. The molecule has 188 valence electrons. The van der Waals surface area contributed by atoms with Crippen LogP contribution in [0.5, 0.6) is 0 Å². The largest absolute Gasteiger partial charge is 0.364 e. The maximum atomic E-state index is 3.98. The summed E-state index contributed by atoms with van der Waals surface area (Å²) in [6.07, 6.45) is 14.9. The first-order chi connectivity index (χ1) is 17.9. The summed E-state index contributed by atoms with van der Waals surface area (Å²) in [5.74, 6) is 0. The van der Waals surface area contributed by atoms with Gasteiger partial charge in [-0.15, -0.1) is 13.2 Å². The van der Waals surface area contributed by atoms with Gasteiger partial charge in [0.05, 0.1) is 0 Å². The summed E-state index contributed by atoms with van der Waals surface area (Å²) in [6, 6.07) is 15.8. The van der Waals surface area contributed by atoms with Crippen LogP contribution in [0.2, 0.25) is 13.1 Å². The molecule has 1 heterocycles. The summed E-state index contributed by atoms with van der Waals surface area (Å²) in [7, 11) is -2.05. The van der Waals surface area contributed by atoms with Gasteiger partial charge in [0, 0.05) is 30.9 Å². The van der Waals surface area contributed by atoms with Crippen molar-refractivity contribution in [1.29, 1.82) is 0 Å². The van der Waals surface area contributed by atoms with Crippen LogP contribution in [0.1, 0.15) is 16.7 Å². The Hall–Kier alpha value is -3.69. The summed E-state index contributed by atoms with van der Waals surface area (Å²) in [5, 5.41) is 2.95. The highest BCUT2D eigenvalue weighted by Gasteiger charge is 2.40. The molecule has 0 bridgehead atoms. The Bertz CT molecular complexity index is 1360. The van der Waals surface area contributed by atoms with Crippen molar-refractivity contribution in [2.45, 2.75) is 20.0 Å². The molecule has 3 heteroatoms. The minimum atomic E-state index is -2.05. The third-order valence-corrected chi connectivity index (χ3v) is 11.0. The van der Waals surface area contributed by atoms with E-state index in [2.05, 4.69) is 117 Å². The van der Waals surface area contributed by atoms with Gasteiger partial charge in [0.2, 0.25) is 0 Å². The number of nitrogens with zero attached hydrogens (tertiary/aromatic N) is 2. The zero-order valence-electron chi connectivity index (χ0n) is 22.6. The van der Waals surface area contributed by atoms with Crippen LogP contribution in [0.15, 0.2) is 122 Å². The summed E-state index contributed by atoms with van der Waals surface area (Å²) >= 11 is 0. The average Bonchev–Trinajstić information content (AvgIpc) is 2.89. The minimum absolute atomic E-state index is 0.792. The molecule has 0 fully saturated rings. The van der Waals surface area contributed by atoms with Gasteiger partial charge >= 0.3 is 0 Å². The molecule has 0 spiro atoms. The van der Waals surface area contributed by atoms with E-state index in [-0.39, 0.29) is 0 Å². The van der Waals surface area contributed by atoms with Gasteiger partial charge in [0.15, 0.2) is 18.8 Å². The smallest absolute Gasteiger partial charge is 0.200 e. The number of aryl methyl sites for hydroxylation is 1. The highest BCUT2D eigenvalue weighted by Crippen LogP contribution is 2.42. The molecule has 2 aromatic rings. The van der Waals surface area contributed by atoms with Gasteiger partial charge in [0.1, 0.15) is 8.07 Å². The predicted octanol–water partition coefficient (Wildman–Crippen LogP) is 6.77. The first-order valence-electron chi connectivity index (χ1n) is 13.0. The molecule has 0 saturated heterocycles. The highest BCUT2D eigenvalue weighted by atomic mass is 28.3. The molecular formula is C34H39N2Si+. The molecule has 0 radical (unpaired) electrons. The van der Waals surface area contributed by atoms with Crippen molar-refractivity contribution in [2.24, 2.45) is 0 Å². The van der Waals surface area contributed by atoms with E-state index < -0.39 is 8.07 Å². The fraction of sp³-hybridized carbons (Fsp3) is 0.206. The molecule has 2 nitrogen and oxygen atoms in total. The van der Waals surface area contributed by atoms with Crippen LogP contribution in [0.3, 0.4) is 0 Å². The second kappa shape index (κ2) is 11.1. The molecule has 1 aliphatic carbocycles. The number of hydrogen-bond donors (Lipinski definition) is 0. The fourth-order valence-electron chi connectivity index (χ4n) is 5.56. The van der Waals surface area contributed by atoms with Crippen molar-refractivity contribution >= 4 is 30.2 Å². The third-order valence-electron chi connectivity index (χ3n) is 7.43. The summed E-state index contributed by atoms with van der Waals surface area (Å²) < 4.78 is 2.33. The molecule has 0 saturated carbocycles. The lowest BCUT2D eigenvalue weighted by Gasteiger charge is -2.38. The number of allylic oxidation sites excluding steroid dienone is 5. The van der Waals surface area contributed by atoms with Crippen molar-refractivity contribution in [3.8, 4) is 0 Å². The molecule has 4 rings (SSSR count). The van der Waals surface area contributed by atoms with Crippen molar-refractivity contribution in [3.63, 3.8) is 0 Å². The molecule has 2 aromatic carbocycles. The molecule has 0 atom stereocenters. The summed E-state index contributed by atoms with van der Waals surface area (Å²) in [6.45, 7) is 26.3. The zero-order valence-corrected chi connectivity index (χ0v) is 23.6. The molecule has 0 aromatic heterocycles. The molecule has 37 heavy (non-hydrogen) atoms. The topological polar surface area (TPSA) is 6.25 Å². The monoisotopic (exact) mass is 503 g/mol. The van der Waals surface area contributed by atoms with E-state index in [9.17, 15) is 0 Å². The van der Waals surface area contributed by atoms with Crippen LogP contribution >= 0.6 is 0 Å². The average molecular weight is 504 g/mol. The molecule has 2 aliphatic rings. The van der Waals surface area contributed by atoms with Gasteiger partial charge < -0.3 is 4.90 Å². The SMILES string of the molecule is C=CCN(CC=C)c1ccc2c(c1)[Si](C)(C)C1=CC(=[N+](CC=C)CC=C)C=CC1=C2c1ccccc1C. The zero-order chi connectivity index (χ0) is 26.6. The fourth-order valence-corrected chi connectivity index (χ4v) is 8.63. The van der Waals surface area contributed by atoms with Gasteiger partial charge in [0.25, 0.3) is 0 Å². The number of anilines is 1. The summed E-state index contributed by atoms with van der Waals surface area (Å²) in [4.78, 5) is 2.33. The number of benzene rings is 2. The second-order valence-corrected chi connectivity index (χ2v) is 14.6. The van der Waals surface area contributed by atoms with Gasteiger partial charge in [-0.05, 0) is 75.5 Å². The normalized spacial score (nSPS) is 15.3. The van der Waals surface area contributed by atoms with Gasteiger partial charge in [-0.2, -0.15) is 0 Å². The van der Waals surface area contributed by atoms with Crippen molar-refractivity contribution in [1.82, 2.24) is 0 Å². The predicted molar refractivity (Wildman–Crippen MR) is 166 cm³/mol. The van der Waals surface area contributed by atoms with Crippen molar-refractivity contribution < 1.29 is 4.58 Å². The van der Waals surface area contributed by atoms with Crippen LogP contribution in [0.4, 0.5) is 5.69 Å². The molecule has 0 N–H and O–H groups in total. The highest BCUT2D eigenvalue weighted by molar-refractivity contribution is 6.98. The van der Waals surface area contributed by atoms with Crippen molar-refractivity contribution in [2.75, 3.05) is 31.1 Å². The Morgan fingerprint density at radius 1 is 0.838 bits per heavy atom. The van der Waals surface area contributed by atoms with Gasteiger partial charge in [-0.25, -0.2) is 4.58 Å². The summed E-state index contributed by atoms with van der Waals surface area (Å²) in [5.41, 5.74) is 9.11. The number of rotatable bonds is 10. The standard InChI is InChI=1S/C34H39N2Si/c1-8-20-35(21-9-2)27-16-18-30-32(24-27)37(6,7)33-25-28(36(22-10-3)23-11-4)17-19-31(33)34(30)29-15-13-12-14-26(29)5/h8-19,24-25H,1-4,20-23H2,5-7H3/q+1. The van der Waals surface area contributed by atoms with Crippen molar-refractivity contribution in [3.05, 3.63) is 139 Å². The van der Waals surface area contributed by atoms with Crippen LogP contribution in [-0.4, -0.2) is 44.5 Å². The lowest BCUT2D eigenvalue weighted by Crippen LogP contribution is -2.50. The van der Waals surface area contributed by atoms with Gasteiger partial charge in [-0.1, -0.05) is 68.7 Å². The molecular weight excluding hydrogens is 464 g/mol. The quantitative estimate of drug-likeness (QED) is 0.197. The van der Waals surface area contributed by atoms with E-state index in [1.54, 1.807) is 0 Å². The van der Waals surface area contributed by atoms with Crippen LogP contribution < -0.4 is 10.1 Å². The van der Waals surface area contributed by atoms with E-state index >= 15 is 0 Å². The molecule has 0 unspecified atom stereocenters. The van der Waals surface area contributed by atoms with E-state index in [0.29, 0.717) is 0 Å². The Balaban J connectivity index is 2.03. The third kappa shape index (κ3) is 4.97. The van der Waals surface area contributed by atoms with Crippen LogP contribution in [0, 0.1) is 6.92 Å². The maximum absolute atomic E-state index is 3.98. The lowest BCUT2D eigenvalue weighted by atomic mass is 9.87. The maximum Gasteiger partial charge on any atom is 0.200 e.